The summed E-state index contributed by atoms with van der Waals surface area (Å²) in [7, 11) is 0. The fraction of sp³-hybridized carbons (Fsp3) is 0.700. The van der Waals surface area contributed by atoms with E-state index in [4.69, 9.17) is 14.2 Å². The van der Waals surface area contributed by atoms with Gasteiger partial charge in [-0.1, -0.05) is 12.1 Å². The molecule has 3 fully saturated rings. The Kier molecular flexibility index (Phi) is 5.36. The van der Waals surface area contributed by atoms with Crippen LogP contribution in [0.5, 0.6) is 0 Å². The minimum Gasteiger partial charge on any atom is -0.381 e. The SMILES string of the molecule is Fc1ccc(CN2C[C@@H]3COC[C@]3(COCC3CCOCC3)C2)cc1. The van der Waals surface area contributed by atoms with Crippen molar-refractivity contribution in [2.45, 2.75) is 19.4 Å². The lowest BCUT2D eigenvalue weighted by molar-refractivity contribution is -0.0157. The molecule has 0 aromatic heterocycles. The maximum absolute atomic E-state index is 13.1. The standard InChI is InChI=1S/C20H28FNO3/c21-19-3-1-16(2-4-19)9-22-10-18-12-25-15-20(18,13-22)14-24-11-17-5-7-23-8-6-17/h1-4,17-18H,5-15H2/t18-,20-/m1/s1. The zero-order valence-corrected chi connectivity index (χ0v) is 14.8. The summed E-state index contributed by atoms with van der Waals surface area (Å²) in [4.78, 5) is 2.47. The summed E-state index contributed by atoms with van der Waals surface area (Å²) in [6.45, 7) is 7.92. The van der Waals surface area contributed by atoms with E-state index < -0.39 is 0 Å². The topological polar surface area (TPSA) is 30.9 Å². The third-order valence-electron chi connectivity index (χ3n) is 6.00. The summed E-state index contributed by atoms with van der Waals surface area (Å²) in [5.41, 5.74) is 1.30. The number of halogens is 1. The molecule has 0 bridgehead atoms. The second-order valence-electron chi connectivity index (χ2n) is 7.94. The predicted octanol–water partition coefficient (Wildman–Crippen LogP) is 2.72. The normalized spacial score (nSPS) is 30.7. The molecule has 0 N–H and O–H groups in total. The highest BCUT2D eigenvalue weighted by atomic mass is 19.1. The fourth-order valence-corrected chi connectivity index (χ4v) is 4.46. The van der Waals surface area contributed by atoms with Crippen LogP contribution in [0.4, 0.5) is 4.39 Å². The molecule has 2 atom stereocenters. The van der Waals surface area contributed by atoms with Crippen molar-refractivity contribution < 1.29 is 18.6 Å². The van der Waals surface area contributed by atoms with Gasteiger partial charge in [-0.15, -0.1) is 0 Å². The van der Waals surface area contributed by atoms with Crippen LogP contribution in [0.2, 0.25) is 0 Å². The lowest BCUT2D eigenvalue weighted by Gasteiger charge is -2.29. The quantitative estimate of drug-likeness (QED) is 0.790. The van der Waals surface area contributed by atoms with Crippen molar-refractivity contribution in [1.82, 2.24) is 4.90 Å². The molecule has 4 nitrogen and oxygen atoms in total. The van der Waals surface area contributed by atoms with Crippen LogP contribution in [0.15, 0.2) is 24.3 Å². The lowest BCUT2D eigenvalue weighted by Crippen LogP contribution is -2.36. The van der Waals surface area contributed by atoms with Crippen LogP contribution in [0.25, 0.3) is 0 Å². The molecule has 0 radical (unpaired) electrons. The highest BCUT2D eigenvalue weighted by Crippen LogP contribution is 2.42. The Morgan fingerprint density at radius 3 is 2.76 bits per heavy atom. The van der Waals surface area contributed by atoms with Gasteiger partial charge in [-0.3, -0.25) is 4.90 Å². The van der Waals surface area contributed by atoms with Crippen molar-refractivity contribution in [3.63, 3.8) is 0 Å². The highest BCUT2D eigenvalue weighted by Gasteiger charge is 2.50. The molecule has 0 saturated carbocycles. The summed E-state index contributed by atoms with van der Waals surface area (Å²) in [5.74, 6) is 1.01. The van der Waals surface area contributed by atoms with E-state index in [2.05, 4.69) is 4.90 Å². The van der Waals surface area contributed by atoms with Crippen molar-refractivity contribution in [2.24, 2.45) is 17.3 Å². The van der Waals surface area contributed by atoms with E-state index in [1.54, 1.807) is 12.1 Å². The van der Waals surface area contributed by atoms with Crippen LogP contribution in [-0.4, -0.2) is 57.6 Å². The van der Waals surface area contributed by atoms with Gasteiger partial charge in [-0.2, -0.15) is 0 Å². The average Bonchev–Trinajstić information content (AvgIpc) is 3.14. The monoisotopic (exact) mass is 349 g/mol. The van der Waals surface area contributed by atoms with Crippen LogP contribution >= 0.6 is 0 Å². The Balaban J connectivity index is 1.31. The van der Waals surface area contributed by atoms with Gasteiger partial charge < -0.3 is 14.2 Å². The number of nitrogens with zero attached hydrogens (tertiary/aromatic N) is 1. The van der Waals surface area contributed by atoms with Crippen molar-refractivity contribution in [2.75, 3.05) is 52.7 Å². The molecule has 0 unspecified atom stereocenters. The zero-order valence-electron chi connectivity index (χ0n) is 14.8. The van der Waals surface area contributed by atoms with E-state index in [9.17, 15) is 4.39 Å². The molecule has 3 aliphatic rings. The molecular weight excluding hydrogens is 321 g/mol. The van der Waals surface area contributed by atoms with Gasteiger partial charge in [0.15, 0.2) is 0 Å². The maximum atomic E-state index is 13.1. The Hall–Kier alpha value is -1.01. The Bertz CT molecular complexity index is 561. The van der Waals surface area contributed by atoms with Crippen LogP contribution < -0.4 is 0 Å². The number of fused-ring (bicyclic) bond motifs is 1. The van der Waals surface area contributed by atoms with Crippen LogP contribution in [0.3, 0.4) is 0 Å². The first kappa shape index (κ1) is 17.4. The number of likely N-dealkylation sites (tertiary alicyclic amines) is 1. The molecule has 0 amide bonds. The highest BCUT2D eigenvalue weighted by molar-refractivity contribution is 5.16. The van der Waals surface area contributed by atoms with Crippen molar-refractivity contribution >= 4 is 0 Å². The molecule has 0 aliphatic carbocycles. The first-order chi connectivity index (χ1) is 12.2. The first-order valence-corrected chi connectivity index (χ1v) is 9.44. The maximum Gasteiger partial charge on any atom is 0.123 e. The van der Waals surface area contributed by atoms with Crippen molar-refractivity contribution in [3.05, 3.63) is 35.6 Å². The molecule has 3 heterocycles. The number of rotatable bonds is 6. The molecule has 4 rings (SSSR count). The van der Waals surface area contributed by atoms with E-state index in [0.29, 0.717) is 11.8 Å². The first-order valence-electron chi connectivity index (χ1n) is 9.44. The van der Waals surface area contributed by atoms with Gasteiger partial charge in [0, 0.05) is 50.8 Å². The van der Waals surface area contributed by atoms with E-state index in [1.165, 1.54) is 5.56 Å². The van der Waals surface area contributed by atoms with E-state index in [-0.39, 0.29) is 11.2 Å². The third kappa shape index (κ3) is 4.05. The number of ether oxygens (including phenoxy) is 3. The second-order valence-corrected chi connectivity index (χ2v) is 7.94. The lowest BCUT2D eigenvalue weighted by atomic mass is 9.82. The average molecular weight is 349 g/mol. The molecule has 1 aromatic rings. The zero-order chi connectivity index (χ0) is 17.1. The van der Waals surface area contributed by atoms with Crippen LogP contribution in [-0.2, 0) is 20.8 Å². The number of hydrogen-bond acceptors (Lipinski definition) is 4. The van der Waals surface area contributed by atoms with Crippen molar-refractivity contribution in [1.29, 1.82) is 0 Å². The van der Waals surface area contributed by atoms with Gasteiger partial charge in [-0.25, -0.2) is 4.39 Å². The summed E-state index contributed by atoms with van der Waals surface area (Å²) >= 11 is 0. The van der Waals surface area contributed by atoms with Crippen LogP contribution in [0.1, 0.15) is 18.4 Å². The van der Waals surface area contributed by atoms with Gasteiger partial charge in [0.1, 0.15) is 5.82 Å². The minimum absolute atomic E-state index is 0.130. The molecular formula is C20H28FNO3. The molecule has 25 heavy (non-hydrogen) atoms. The Morgan fingerprint density at radius 1 is 1.16 bits per heavy atom. The summed E-state index contributed by atoms with van der Waals surface area (Å²) in [6.07, 6.45) is 2.23. The minimum atomic E-state index is -0.173. The molecule has 3 saturated heterocycles. The van der Waals surface area contributed by atoms with Gasteiger partial charge in [0.25, 0.3) is 0 Å². The largest absolute Gasteiger partial charge is 0.381 e. The van der Waals surface area contributed by atoms with Gasteiger partial charge in [-0.05, 0) is 36.5 Å². The molecule has 138 valence electrons. The molecule has 3 aliphatic heterocycles. The van der Waals surface area contributed by atoms with E-state index >= 15 is 0 Å². The number of hydrogen-bond donors (Lipinski definition) is 0. The molecule has 0 spiro atoms. The predicted molar refractivity (Wildman–Crippen MR) is 92.8 cm³/mol. The van der Waals surface area contributed by atoms with Gasteiger partial charge in [0.2, 0.25) is 0 Å². The van der Waals surface area contributed by atoms with Gasteiger partial charge in [0.05, 0.1) is 19.8 Å². The summed E-state index contributed by atoms with van der Waals surface area (Å²) < 4.78 is 30.5. The molecule has 1 aromatic carbocycles. The summed E-state index contributed by atoms with van der Waals surface area (Å²) in [5, 5.41) is 0. The summed E-state index contributed by atoms with van der Waals surface area (Å²) in [6, 6.07) is 6.85. The third-order valence-corrected chi connectivity index (χ3v) is 6.00. The second kappa shape index (κ2) is 7.70. The number of benzene rings is 1. The fourth-order valence-electron chi connectivity index (χ4n) is 4.46. The Labute approximate surface area is 149 Å². The van der Waals surface area contributed by atoms with E-state index in [0.717, 1.165) is 72.1 Å². The molecule has 5 heteroatoms. The smallest absolute Gasteiger partial charge is 0.123 e. The van der Waals surface area contributed by atoms with Gasteiger partial charge >= 0.3 is 0 Å². The van der Waals surface area contributed by atoms with Crippen LogP contribution in [0, 0.1) is 23.1 Å². The van der Waals surface area contributed by atoms with Crippen molar-refractivity contribution in [3.8, 4) is 0 Å². The van der Waals surface area contributed by atoms with E-state index in [1.807, 2.05) is 12.1 Å². The Morgan fingerprint density at radius 2 is 1.96 bits per heavy atom.